The van der Waals surface area contributed by atoms with Crippen LogP contribution >= 0.6 is 0 Å². The molecule has 0 atom stereocenters. The lowest BCUT2D eigenvalue weighted by molar-refractivity contribution is 0.0827. The molecule has 19 heavy (non-hydrogen) atoms. The predicted molar refractivity (Wildman–Crippen MR) is 78.6 cm³/mol. The highest BCUT2D eigenvalue weighted by molar-refractivity contribution is 5.96. The van der Waals surface area contributed by atoms with Gasteiger partial charge in [-0.25, -0.2) is 0 Å². The molecule has 2 aromatic carbocycles. The zero-order valence-corrected chi connectivity index (χ0v) is 11.1. The molecule has 0 aliphatic carbocycles. The highest BCUT2D eigenvalue weighted by atomic mass is 16.2. The molecule has 0 radical (unpaired) electrons. The number of anilines is 3. The van der Waals surface area contributed by atoms with E-state index in [1.807, 2.05) is 36.4 Å². The van der Waals surface area contributed by atoms with E-state index in [1.165, 1.54) is 4.90 Å². The van der Waals surface area contributed by atoms with Crippen molar-refractivity contribution in [3.05, 3.63) is 54.1 Å². The van der Waals surface area contributed by atoms with Crippen molar-refractivity contribution in [1.82, 2.24) is 4.90 Å². The van der Waals surface area contributed by atoms with Crippen LogP contribution in [0.5, 0.6) is 0 Å². The molecule has 4 nitrogen and oxygen atoms in total. The van der Waals surface area contributed by atoms with Gasteiger partial charge in [0.05, 0.1) is 11.4 Å². The molecule has 2 aromatic rings. The normalized spacial score (nSPS) is 10.0. The SMILES string of the molecule is CN(C)C(=O)c1ccc(Nc2ccccc2)c(N)c1. The number of rotatable bonds is 3. The van der Waals surface area contributed by atoms with Crippen molar-refractivity contribution < 1.29 is 4.79 Å². The molecular formula is C15H17N3O. The van der Waals surface area contributed by atoms with E-state index in [0.29, 0.717) is 11.3 Å². The minimum absolute atomic E-state index is 0.0574. The lowest BCUT2D eigenvalue weighted by Gasteiger charge is -2.13. The van der Waals surface area contributed by atoms with Gasteiger partial charge in [-0.05, 0) is 30.3 Å². The van der Waals surface area contributed by atoms with Gasteiger partial charge >= 0.3 is 0 Å². The molecule has 4 heteroatoms. The Balaban J connectivity index is 2.23. The highest BCUT2D eigenvalue weighted by Crippen LogP contribution is 2.24. The quantitative estimate of drug-likeness (QED) is 0.829. The van der Waals surface area contributed by atoms with Crippen molar-refractivity contribution in [2.75, 3.05) is 25.1 Å². The number of para-hydroxylation sites is 1. The van der Waals surface area contributed by atoms with Crippen molar-refractivity contribution in [1.29, 1.82) is 0 Å². The van der Waals surface area contributed by atoms with Gasteiger partial charge in [0, 0.05) is 25.3 Å². The number of nitrogens with one attached hydrogen (secondary N) is 1. The van der Waals surface area contributed by atoms with Gasteiger partial charge < -0.3 is 16.0 Å². The van der Waals surface area contributed by atoms with E-state index < -0.39 is 0 Å². The molecule has 0 fully saturated rings. The summed E-state index contributed by atoms with van der Waals surface area (Å²) >= 11 is 0. The summed E-state index contributed by atoms with van der Waals surface area (Å²) in [5, 5.41) is 3.22. The number of nitrogen functional groups attached to an aromatic ring is 1. The molecule has 1 amide bonds. The van der Waals surface area contributed by atoms with Gasteiger partial charge in [-0.15, -0.1) is 0 Å². The van der Waals surface area contributed by atoms with Crippen LogP contribution in [0.25, 0.3) is 0 Å². The number of benzene rings is 2. The predicted octanol–water partition coefficient (Wildman–Crippen LogP) is 2.71. The van der Waals surface area contributed by atoms with E-state index >= 15 is 0 Å². The molecular weight excluding hydrogens is 238 g/mol. The highest BCUT2D eigenvalue weighted by Gasteiger charge is 2.09. The summed E-state index contributed by atoms with van der Waals surface area (Å²) in [7, 11) is 3.43. The number of carbonyl (C=O) groups excluding carboxylic acids is 1. The number of carbonyl (C=O) groups is 1. The standard InChI is InChI=1S/C15H17N3O/c1-18(2)15(19)11-8-9-14(13(16)10-11)17-12-6-4-3-5-7-12/h3-10,17H,16H2,1-2H3. The summed E-state index contributed by atoms with van der Waals surface area (Å²) in [5.74, 6) is -0.0574. The summed E-state index contributed by atoms with van der Waals surface area (Å²) < 4.78 is 0. The molecule has 0 saturated carbocycles. The smallest absolute Gasteiger partial charge is 0.253 e. The van der Waals surface area contributed by atoms with Crippen LogP contribution in [-0.2, 0) is 0 Å². The fraction of sp³-hybridized carbons (Fsp3) is 0.133. The van der Waals surface area contributed by atoms with Gasteiger partial charge in [0.2, 0.25) is 0 Å². The van der Waals surface area contributed by atoms with E-state index in [4.69, 9.17) is 5.73 Å². The van der Waals surface area contributed by atoms with Gasteiger partial charge in [0.1, 0.15) is 0 Å². The molecule has 3 N–H and O–H groups in total. The molecule has 0 aliphatic heterocycles. The van der Waals surface area contributed by atoms with Crippen LogP contribution < -0.4 is 11.1 Å². The van der Waals surface area contributed by atoms with Crippen LogP contribution in [0.15, 0.2) is 48.5 Å². The zero-order chi connectivity index (χ0) is 13.8. The van der Waals surface area contributed by atoms with Crippen molar-refractivity contribution in [3.8, 4) is 0 Å². The van der Waals surface area contributed by atoms with E-state index in [9.17, 15) is 4.79 Å². The van der Waals surface area contributed by atoms with Crippen LogP contribution in [0.3, 0.4) is 0 Å². The number of nitrogens with zero attached hydrogens (tertiary/aromatic N) is 1. The van der Waals surface area contributed by atoms with Crippen LogP contribution in [0.2, 0.25) is 0 Å². The average Bonchev–Trinajstić information content (AvgIpc) is 2.41. The van der Waals surface area contributed by atoms with Gasteiger partial charge in [0.15, 0.2) is 0 Å². The first-order valence-corrected chi connectivity index (χ1v) is 6.01. The van der Waals surface area contributed by atoms with Crippen LogP contribution in [0.4, 0.5) is 17.1 Å². The Hall–Kier alpha value is -2.49. The summed E-state index contributed by atoms with van der Waals surface area (Å²) in [4.78, 5) is 13.3. The number of nitrogens with two attached hydrogens (primary N) is 1. The van der Waals surface area contributed by atoms with E-state index in [1.54, 1.807) is 26.2 Å². The molecule has 98 valence electrons. The van der Waals surface area contributed by atoms with Gasteiger partial charge in [0.25, 0.3) is 5.91 Å². The molecule has 0 spiro atoms. The fourth-order valence-corrected chi connectivity index (χ4v) is 1.74. The summed E-state index contributed by atoms with van der Waals surface area (Å²) in [6.45, 7) is 0. The lowest BCUT2D eigenvalue weighted by atomic mass is 10.1. The molecule has 0 aromatic heterocycles. The largest absolute Gasteiger partial charge is 0.397 e. The van der Waals surface area contributed by atoms with Gasteiger partial charge in [-0.1, -0.05) is 18.2 Å². The summed E-state index contributed by atoms with van der Waals surface area (Å²) in [6, 6.07) is 15.0. The molecule has 0 saturated heterocycles. The average molecular weight is 255 g/mol. The monoisotopic (exact) mass is 255 g/mol. The molecule has 2 rings (SSSR count). The first-order chi connectivity index (χ1) is 9.08. The minimum atomic E-state index is -0.0574. The maximum absolute atomic E-state index is 11.8. The summed E-state index contributed by atoms with van der Waals surface area (Å²) in [6.07, 6.45) is 0. The Morgan fingerprint density at radius 2 is 1.79 bits per heavy atom. The van der Waals surface area contributed by atoms with Crippen molar-refractivity contribution in [3.63, 3.8) is 0 Å². The number of amides is 1. The maximum atomic E-state index is 11.8. The van der Waals surface area contributed by atoms with Gasteiger partial charge in [-0.2, -0.15) is 0 Å². The van der Waals surface area contributed by atoms with Crippen molar-refractivity contribution >= 4 is 23.0 Å². The third-order valence-corrected chi connectivity index (χ3v) is 2.76. The molecule has 0 aliphatic rings. The Kier molecular flexibility index (Phi) is 3.71. The molecule has 0 heterocycles. The Bertz CT molecular complexity index is 579. The number of hydrogen-bond acceptors (Lipinski definition) is 3. The first kappa shape index (κ1) is 13.0. The molecule has 0 unspecified atom stereocenters. The van der Waals surface area contributed by atoms with Crippen LogP contribution in [-0.4, -0.2) is 24.9 Å². The van der Waals surface area contributed by atoms with Crippen LogP contribution in [0, 0.1) is 0 Å². The zero-order valence-electron chi connectivity index (χ0n) is 11.1. The van der Waals surface area contributed by atoms with Gasteiger partial charge in [-0.3, -0.25) is 4.79 Å². The molecule has 0 bridgehead atoms. The third kappa shape index (κ3) is 3.04. The second-order valence-corrected chi connectivity index (χ2v) is 4.49. The Labute approximate surface area is 112 Å². The minimum Gasteiger partial charge on any atom is -0.397 e. The van der Waals surface area contributed by atoms with Crippen LogP contribution in [0.1, 0.15) is 10.4 Å². The number of hydrogen-bond donors (Lipinski definition) is 2. The Morgan fingerprint density at radius 3 is 2.37 bits per heavy atom. The fourth-order valence-electron chi connectivity index (χ4n) is 1.74. The third-order valence-electron chi connectivity index (χ3n) is 2.76. The second kappa shape index (κ2) is 5.44. The maximum Gasteiger partial charge on any atom is 0.253 e. The van der Waals surface area contributed by atoms with E-state index in [-0.39, 0.29) is 5.91 Å². The topological polar surface area (TPSA) is 58.4 Å². The lowest BCUT2D eigenvalue weighted by Crippen LogP contribution is -2.21. The van der Waals surface area contributed by atoms with E-state index in [2.05, 4.69) is 5.32 Å². The van der Waals surface area contributed by atoms with E-state index in [0.717, 1.165) is 11.4 Å². The second-order valence-electron chi connectivity index (χ2n) is 4.49. The van der Waals surface area contributed by atoms with Crippen molar-refractivity contribution in [2.45, 2.75) is 0 Å². The van der Waals surface area contributed by atoms with Crippen molar-refractivity contribution in [2.24, 2.45) is 0 Å². The summed E-state index contributed by atoms with van der Waals surface area (Å²) in [5.41, 5.74) is 8.86. The Morgan fingerprint density at radius 1 is 1.11 bits per heavy atom. The first-order valence-electron chi connectivity index (χ1n) is 6.01.